The second kappa shape index (κ2) is 14.4. The first-order chi connectivity index (χ1) is 22.2. The van der Waals surface area contributed by atoms with E-state index >= 15 is 4.79 Å². The van der Waals surface area contributed by atoms with Crippen LogP contribution in [0.25, 0.3) is 0 Å². The number of likely N-dealkylation sites (tertiary alicyclic amines) is 1. The van der Waals surface area contributed by atoms with Crippen molar-refractivity contribution in [3.8, 4) is 0 Å². The maximum atomic E-state index is 15.1. The molecule has 3 heterocycles. The van der Waals surface area contributed by atoms with Gasteiger partial charge in [-0.3, -0.25) is 14.4 Å². The number of aliphatic hydroxyl groups is 1. The molecular formula is C36H45BrN4O4S. The second-order valence-corrected chi connectivity index (χ2v) is 15.1. The summed E-state index contributed by atoms with van der Waals surface area (Å²) in [5, 5.41) is 10.7. The number of nitrogens with zero attached hydrogens (tertiary/aromatic N) is 4. The lowest BCUT2D eigenvalue weighted by Gasteiger charge is -2.40. The average Bonchev–Trinajstić information content (AvgIpc) is 3.66. The Kier molecular flexibility index (Phi) is 10.7. The maximum absolute atomic E-state index is 15.1. The van der Waals surface area contributed by atoms with Crippen LogP contribution in [0.3, 0.4) is 0 Å². The molecule has 0 aliphatic carbocycles. The number of hydrogen-bond donors (Lipinski definition) is 1. The Morgan fingerprint density at radius 1 is 1.04 bits per heavy atom. The number of amides is 3. The molecule has 3 aliphatic heterocycles. The number of anilines is 2. The predicted molar refractivity (Wildman–Crippen MR) is 190 cm³/mol. The normalized spacial score (nSPS) is 26.8. The zero-order valence-electron chi connectivity index (χ0n) is 26.9. The minimum atomic E-state index is -0.883. The lowest BCUT2D eigenvalue weighted by atomic mass is 9.70. The number of rotatable bonds is 14. The number of hydrogen-bond acceptors (Lipinski definition) is 6. The molecule has 3 aliphatic rings. The molecule has 8 nitrogen and oxygen atoms in total. The number of halogens is 1. The van der Waals surface area contributed by atoms with Crippen molar-refractivity contribution in [2.45, 2.75) is 53.6 Å². The Labute approximate surface area is 285 Å². The standard InChI is InChI=1S/C36H45BrN4O4S/c1-6-19-38(5)33(43)29-30-34(44)41(27(23-42)21-24-13-11-10-12-14-24)32(36(30)22-28(37)31(29)46-36)35(45)40(20-7-2)26-17-15-25(16-18-26)39(8-3)9-4/h6-7,10-18,27-32,42H,1-2,8-9,19-23H2,3-5H3/t27-,28?,29+,30+,31+,32?,36?/m1/s1. The van der Waals surface area contributed by atoms with Gasteiger partial charge in [0, 0.05) is 54.7 Å². The van der Waals surface area contributed by atoms with Gasteiger partial charge in [0.15, 0.2) is 0 Å². The monoisotopic (exact) mass is 708 g/mol. The number of alkyl halides is 1. The van der Waals surface area contributed by atoms with E-state index in [0.29, 0.717) is 25.1 Å². The van der Waals surface area contributed by atoms with Gasteiger partial charge in [0.05, 0.1) is 29.2 Å². The van der Waals surface area contributed by atoms with Crippen LogP contribution < -0.4 is 9.80 Å². The minimum Gasteiger partial charge on any atom is -0.394 e. The van der Waals surface area contributed by atoms with E-state index in [-0.39, 0.29) is 41.0 Å². The van der Waals surface area contributed by atoms with Crippen LogP contribution in [0.2, 0.25) is 0 Å². The predicted octanol–water partition coefficient (Wildman–Crippen LogP) is 4.76. The summed E-state index contributed by atoms with van der Waals surface area (Å²) < 4.78 is -0.840. The lowest BCUT2D eigenvalue weighted by Crippen LogP contribution is -2.58. The Bertz CT molecular complexity index is 1440. The molecule has 1 spiro atoms. The third-order valence-corrected chi connectivity index (χ3v) is 13.0. The third-order valence-electron chi connectivity index (χ3n) is 9.81. The molecule has 10 heteroatoms. The highest BCUT2D eigenvalue weighted by atomic mass is 79.9. The maximum Gasteiger partial charge on any atom is 0.251 e. The van der Waals surface area contributed by atoms with Gasteiger partial charge < -0.3 is 24.7 Å². The lowest BCUT2D eigenvalue weighted by molar-refractivity contribution is -0.144. The highest BCUT2D eigenvalue weighted by Crippen LogP contribution is 2.68. The molecule has 1 N–H and O–H groups in total. The molecule has 2 aromatic rings. The SMILES string of the molecule is C=CCN(C)C(=O)[C@H]1[C@H]2C(=O)N([C@@H](CO)Cc3ccccc3)C(C(=O)N(CC=C)c3ccc(N(CC)CC)cc3)C23CC(Br)[C@@H]1S3. The summed E-state index contributed by atoms with van der Waals surface area (Å²) in [6.07, 6.45) is 4.32. The fourth-order valence-corrected chi connectivity index (χ4v) is 11.3. The van der Waals surface area contributed by atoms with Crippen molar-refractivity contribution in [1.82, 2.24) is 9.80 Å². The molecule has 46 heavy (non-hydrogen) atoms. The molecule has 3 fully saturated rings. The quantitative estimate of drug-likeness (QED) is 0.225. The van der Waals surface area contributed by atoms with E-state index in [1.807, 2.05) is 54.6 Å². The molecule has 0 saturated carbocycles. The molecule has 3 amide bonds. The molecule has 7 atom stereocenters. The van der Waals surface area contributed by atoms with Gasteiger partial charge in [0.1, 0.15) is 6.04 Å². The summed E-state index contributed by atoms with van der Waals surface area (Å²) in [4.78, 5) is 51.0. The van der Waals surface area contributed by atoms with Crippen LogP contribution in [-0.4, -0.2) is 99.4 Å². The van der Waals surface area contributed by atoms with Crippen LogP contribution in [-0.2, 0) is 20.8 Å². The second-order valence-electron chi connectivity index (χ2n) is 12.4. The van der Waals surface area contributed by atoms with Crippen LogP contribution in [0.1, 0.15) is 25.8 Å². The van der Waals surface area contributed by atoms with Crippen molar-refractivity contribution in [3.63, 3.8) is 0 Å². The Balaban J connectivity index is 1.60. The molecule has 2 aromatic carbocycles. The molecule has 3 saturated heterocycles. The van der Waals surface area contributed by atoms with E-state index in [1.165, 1.54) is 0 Å². The average molecular weight is 710 g/mol. The third kappa shape index (κ3) is 5.92. The van der Waals surface area contributed by atoms with Crippen molar-refractivity contribution in [2.24, 2.45) is 11.8 Å². The van der Waals surface area contributed by atoms with E-state index in [4.69, 9.17) is 0 Å². The van der Waals surface area contributed by atoms with E-state index < -0.39 is 28.7 Å². The van der Waals surface area contributed by atoms with Crippen molar-refractivity contribution in [1.29, 1.82) is 0 Å². The Morgan fingerprint density at radius 2 is 1.67 bits per heavy atom. The van der Waals surface area contributed by atoms with Gasteiger partial charge in [-0.2, -0.15) is 0 Å². The van der Waals surface area contributed by atoms with Crippen LogP contribution in [0.4, 0.5) is 11.4 Å². The summed E-state index contributed by atoms with van der Waals surface area (Å²) in [5.41, 5.74) is 2.73. The van der Waals surface area contributed by atoms with E-state index in [0.717, 1.165) is 24.3 Å². The Hall–Kier alpha value is -3.08. The smallest absolute Gasteiger partial charge is 0.251 e. The van der Waals surface area contributed by atoms with E-state index in [9.17, 15) is 14.7 Å². The van der Waals surface area contributed by atoms with Gasteiger partial charge in [0.25, 0.3) is 5.91 Å². The molecule has 246 valence electrons. The van der Waals surface area contributed by atoms with Crippen LogP contribution >= 0.6 is 27.7 Å². The van der Waals surface area contributed by atoms with E-state index in [2.05, 4.69) is 47.8 Å². The first kappa shape index (κ1) is 34.3. The van der Waals surface area contributed by atoms with Gasteiger partial charge >= 0.3 is 0 Å². The van der Waals surface area contributed by atoms with Gasteiger partial charge in [-0.05, 0) is 56.5 Å². The van der Waals surface area contributed by atoms with Crippen LogP contribution in [0, 0.1) is 11.8 Å². The zero-order valence-corrected chi connectivity index (χ0v) is 29.3. The fraction of sp³-hybridized carbons (Fsp3) is 0.472. The highest BCUT2D eigenvalue weighted by Gasteiger charge is 2.76. The number of thioether (sulfide) groups is 1. The van der Waals surface area contributed by atoms with Crippen LogP contribution in [0.5, 0.6) is 0 Å². The van der Waals surface area contributed by atoms with Crippen molar-refractivity contribution >= 4 is 56.8 Å². The molecule has 2 bridgehead atoms. The van der Waals surface area contributed by atoms with Gasteiger partial charge in [-0.15, -0.1) is 24.9 Å². The summed E-state index contributed by atoms with van der Waals surface area (Å²) in [7, 11) is 1.73. The number of carbonyl (C=O) groups is 3. The largest absolute Gasteiger partial charge is 0.394 e. The summed E-state index contributed by atoms with van der Waals surface area (Å²) in [6, 6.07) is 16.1. The summed E-state index contributed by atoms with van der Waals surface area (Å²) >= 11 is 5.47. The van der Waals surface area contributed by atoms with Gasteiger partial charge in [-0.25, -0.2) is 0 Å². The van der Waals surface area contributed by atoms with Gasteiger partial charge in [-0.1, -0.05) is 58.4 Å². The zero-order chi connectivity index (χ0) is 33.2. The number of benzene rings is 2. The molecule has 0 aromatic heterocycles. The number of likely N-dealkylation sites (N-methyl/N-ethyl adjacent to an activating group) is 1. The Morgan fingerprint density at radius 3 is 2.26 bits per heavy atom. The van der Waals surface area contributed by atoms with Crippen molar-refractivity contribution in [2.75, 3.05) is 49.6 Å². The number of fused-ring (bicyclic) bond motifs is 1. The first-order valence-electron chi connectivity index (χ1n) is 16.1. The topological polar surface area (TPSA) is 84.4 Å². The fourth-order valence-electron chi connectivity index (χ4n) is 7.73. The number of aliphatic hydroxyl groups excluding tert-OH is 1. The van der Waals surface area contributed by atoms with E-state index in [1.54, 1.807) is 45.7 Å². The highest BCUT2D eigenvalue weighted by molar-refractivity contribution is 9.09. The summed E-state index contributed by atoms with van der Waals surface area (Å²) in [6.45, 7) is 14.0. The summed E-state index contributed by atoms with van der Waals surface area (Å²) in [5.74, 6) is -1.86. The first-order valence-corrected chi connectivity index (χ1v) is 17.9. The number of carbonyl (C=O) groups excluding carboxylic acids is 3. The molecule has 3 unspecified atom stereocenters. The minimum absolute atomic E-state index is 0.0502. The molecular weight excluding hydrogens is 664 g/mol. The van der Waals surface area contributed by atoms with Gasteiger partial charge in [0.2, 0.25) is 11.8 Å². The van der Waals surface area contributed by atoms with Crippen LogP contribution in [0.15, 0.2) is 79.9 Å². The van der Waals surface area contributed by atoms with Crippen molar-refractivity contribution in [3.05, 3.63) is 85.5 Å². The molecule has 0 radical (unpaired) electrons. The molecule has 5 rings (SSSR count). The van der Waals surface area contributed by atoms with Crippen molar-refractivity contribution < 1.29 is 19.5 Å².